The molecule has 0 aliphatic carbocycles. The minimum absolute atomic E-state index is 0.381. The summed E-state index contributed by atoms with van der Waals surface area (Å²) in [6.07, 6.45) is 0.615. The second kappa shape index (κ2) is 5.07. The number of aryl methyl sites for hydroxylation is 1. The van der Waals surface area contributed by atoms with Crippen LogP contribution in [0.2, 0.25) is 0 Å². The molecule has 0 heterocycles. The van der Waals surface area contributed by atoms with Crippen LogP contribution in [0.25, 0.3) is 0 Å². The maximum atomic E-state index is 10.8. The number of aliphatic carboxylic acids is 1. The summed E-state index contributed by atoms with van der Waals surface area (Å²) < 4.78 is 0. The Hall–Kier alpha value is -1.16. The van der Waals surface area contributed by atoms with Crippen LogP contribution in [0, 0.1) is 6.92 Å². The van der Waals surface area contributed by atoms with Gasteiger partial charge in [-0.2, -0.15) is 0 Å². The molecule has 0 spiro atoms. The zero-order valence-electron chi connectivity index (χ0n) is 8.86. The predicted molar refractivity (Wildman–Crippen MR) is 63.2 cm³/mol. The zero-order valence-corrected chi connectivity index (χ0v) is 9.67. The average molecular weight is 225 g/mol. The summed E-state index contributed by atoms with van der Waals surface area (Å²) in [6.45, 7) is 3.79. The number of anilines is 1. The van der Waals surface area contributed by atoms with E-state index in [9.17, 15) is 4.79 Å². The van der Waals surface area contributed by atoms with Crippen LogP contribution in [0.1, 0.15) is 18.9 Å². The summed E-state index contributed by atoms with van der Waals surface area (Å²) in [7, 11) is 0. The monoisotopic (exact) mass is 225 g/mol. The highest BCUT2D eigenvalue weighted by atomic mass is 32.2. The Morgan fingerprint density at radius 3 is 2.73 bits per heavy atom. The van der Waals surface area contributed by atoms with Crippen LogP contribution >= 0.6 is 11.8 Å². The van der Waals surface area contributed by atoms with Crippen molar-refractivity contribution in [3.05, 3.63) is 23.8 Å². The zero-order chi connectivity index (χ0) is 11.4. The molecule has 0 aromatic heterocycles. The molecule has 0 aliphatic rings. The summed E-state index contributed by atoms with van der Waals surface area (Å²) >= 11 is 1.36. The lowest BCUT2D eigenvalue weighted by Crippen LogP contribution is -2.14. The Kier molecular flexibility index (Phi) is 4.03. The smallest absolute Gasteiger partial charge is 0.316 e. The first-order valence-corrected chi connectivity index (χ1v) is 5.68. The predicted octanol–water partition coefficient (Wildman–Crippen LogP) is 2.53. The van der Waals surface area contributed by atoms with Gasteiger partial charge in [0.25, 0.3) is 0 Å². The summed E-state index contributed by atoms with van der Waals surface area (Å²) in [5.41, 5.74) is 7.41. The fourth-order valence-corrected chi connectivity index (χ4v) is 2.18. The molecule has 4 heteroatoms. The fraction of sp³-hybridized carbons (Fsp3) is 0.364. The molecule has 0 fully saturated rings. The third kappa shape index (κ3) is 3.16. The van der Waals surface area contributed by atoms with E-state index in [0.717, 1.165) is 16.1 Å². The minimum Gasteiger partial charge on any atom is -0.480 e. The average Bonchev–Trinajstić information content (AvgIpc) is 2.19. The molecule has 3 nitrogen and oxygen atoms in total. The summed E-state index contributed by atoms with van der Waals surface area (Å²) in [5.74, 6) is -0.767. The molecule has 0 bridgehead atoms. The van der Waals surface area contributed by atoms with Crippen LogP contribution in [0.4, 0.5) is 5.69 Å². The van der Waals surface area contributed by atoms with Gasteiger partial charge in [-0.05, 0) is 37.1 Å². The summed E-state index contributed by atoms with van der Waals surface area (Å²) in [5, 5.41) is 8.53. The molecule has 0 amide bonds. The molecular formula is C11H15NO2S. The van der Waals surface area contributed by atoms with Crippen LogP contribution in [-0.4, -0.2) is 16.3 Å². The number of benzene rings is 1. The Morgan fingerprint density at radius 2 is 2.27 bits per heavy atom. The van der Waals surface area contributed by atoms with Crippen LogP contribution in [0.5, 0.6) is 0 Å². The van der Waals surface area contributed by atoms with E-state index in [-0.39, 0.29) is 5.25 Å². The highest BCUT2D eigenvalue weighted by Crippen LogP contribution is 2.27. The molecule has 1 aromatic carbocycles. The number of thioether (sulfide) groups is 1. The Labute approximate surface area is 93.7 Å². The van der Waals surface area contributed by atoms with Crippen molar-refractivity contribution in [2.24, 2.45) is 0 Å². The van der Waals surface area contributed by atoms with Gasteiger partial charge in [-0.25, -0.2) is 0 Å². The molecule has 1 rings (SSSR count). The standard InChI is InChI=1S/C11H15NO2S/c1-3-10(11(13)14)15-8-4-5-9(12)7(2)6-8/h4-6,10H,3,12H2,1-2H3,(H,13,14). The molecule has 0 saturated carbocycles. The van der Waals surface area contributed by atoms with Crippen molar-refractivity contribution in [1.82, 2.24) is 0 Å². The topological polar surface area (TPSA) is 63.3 Å². The summed E-state index contributed by atoms with van der Waals surface area (Å²) in [4.78, 5) is 11.8. The van der Waals surface area contributed by atoms with Gasteiger partial charge in [-0.1, -0.05) is 6.92 Å². The normalized spacial score (nSPS) is 12.4. The van der Waals surface area contributed by atoms with Crippen LogP contribution < -0.4 is 5.73 Å². The van der Waals surface area contributed by atoms with E-state index < -0.39 is 5.97 Å². The Morgan fingerprint density at radius 1 is 1.60 bits per heavy atom. The second-order valence-electron chi connectivity index (χ2n) is 3.37. The van der Waals surface area contributed by atoms with Gasteiger partial charge >= 0.3 is 5.97 Å². The second-order valence-corrected chi connectivity index (χ2v) is 4.65. The number of nitrogens with two attached hydrogens (primary N) is 1. The van der Waals surface area contributed by atoms with Crippen LogP contribution in [0.15, 0.2) is 23.1 Å². The molecule has 1 unspecified atom stereocenters. The largest absolute Gasteiger partial charge is 0.480 e. The van der Waals surface area contributed by atoms with Crippen molar-refractivity contribution >= 4 is 23.4 Å². The van der Waals surface area contributed by atoms with Gasteiger partial charge in [-0.3, -0.25) is 4.79 Å². The molecule has 1 aromatic rings. The van der Waals surface area contributed by atoms with Crippen LogP contribution in [0.3, 0.4) is 0 Å². The third-order valence-electron chi connectivity index (χ3n) is 2.17. The lowest BCUT2D eigenvalue weighted by atomic mass is 10.2. The van der Waals surface area contributed by atoms with E-state index in [2.05, 4.69) is 0 Å². The number of hydrogen-bond acceptors (Lipinski definition) is 3. The molecular weight excluding hydrogens is 210 g/mol. The lowest BCUT2D eigenvalue weighted by Gasteiger charge is -2.10. The van der Waals surface area contributed by atoms with Crippen molar-refractivity contribution in [3.63, 3.8) is 0 Å². The van der Waals surface area contributed by atoms with Gasteiger partial charge < -0.3 is 10.8 Å². The number of carbonyl (C=O) groups is 1. The molecule has 0 aliphatic heterocycles. The number of carboxylic acid groups (broad SMARTS) is 1. The van der Waals surface area contributed by atoms with Gasteiger partial charge in [0.1, 0.15) is 5.25 Å². The maximum Gasteiger partial charge on any atom is 0.316 e. The van der Waals surface area contributed by atoms with E-state index in [0.29, 0.717) is 6.42 Å². The number of carboxylic acids is 1. The van der Waals surface area contributed by atoms with Crippen LogP contribution in [-0.2, 0) is 4.79 Å². The molecule has 0 saturated heterocycles. The van der Waals surface area contributed by atoms with Crippen molar-refractivity contribution in [3.8, 4) is 0 Å². The number of nitrogen functional groups attached to an aromatic ring is 1. The van der Waals surface area contributed by atoms with E-state index >= 15 is 0 Å². The number of hydrogen-bond donors (Lipinski definition) is 2. The fourth-order valence-electron chi connectivity index (χ4n) is 1.19. The van der Waals surface area contributed by atoms with Crippen molar-refractivity contribution in [1.29, 1.82) is 0 Å². The lowest BCUT2D eigenvalue weighted by molar-refractivity contribution is -0.136. The Balaban J connectivity index is 2.80. The Bertz CT molecular complexity index is 366. The van der Waals surface area contributed by atoms with E-state index in [4.69, 9.17) is 10.8 Å². The number of rotatable bonds is 4. The molecule has 15 heavy (non-hydrogen) atoms. The van der Waals surface area contributed by atoms with Gasteiger partial charge in [0.05, 0.1) is 0 Å². The van der Waals surface area contributed by atoms with Crippen molar-refractivity contribution < 1.29 is 9.90 Å². The quantitative estimate of drug-likeness (QED) is 0.610. The highest BCUT2D eigenvalue weighted by molar-refractivity contribution is 8.00. The first-order chi connectivity index (χ1) is 7.04. The maximum absolute atomic E-state index is 10.8. The van der Waals surface area contributed by atoms with E-state index in [1.807, 2.05) is 32.0 Å². The summed E-state index contributed by atoms with van der Waals surface area (Å²) in [6, 6.07) is 5.59. The van der Waals surface area contributed by atoms with Crippen molar-refractivity contribution in [2.45, 2.75) is 30.4 Å². The molecule has 3 N–H and O–H groups in total. The molecule has 82 valence electrons. The molecule has 0 radical (unpaired) electrons. The van der Waals surface area contributed by atoms with Gasteiger partial charge in [0, 0.05) is 10.6 Å². The SMILES string of the molecule is CCC(Sc1ccc(N)c(C)c1)C(=O)O. The first-order valence-electron chi connectivity index (χ1n) is 4.80. The third-order valence-corrected chi connectivity index (χ3v) is 3.51. The highest BCUT2D eigenvalue weighted by Gasteiger charge is 2.16. The van der Waals surface area contributed by atoms with E-state index in [1.165, 1.54) is 11.8 Å². The van der Waals surface area contributed by atoms with Gasteiger partial charge in [0.15, 0.2) is 0 Å². The first kappa shape index (κ1) is 11.9. The van der Waals surface area contributed by atoms with Gasteiger partial charge in [-0.15, -0.1) is 11.8 Å². The minimum atomic E-state index is -0.767. The molecule has 1 atom stereocenters. The van der Waals surface area contributed by atoms with Crippen molar-refractivity contribution in [2.75, 3.05) is 5.73 Å². The van der Waals surface area contributed by atoms with Gasteiger partial charge in [0.2, 0.25) is 0 Å². The van der Waals surface area contributed by atoms with E-state index in [1.54, 1.807) is 0 Å².